The number of carbonyl (C=O) groups excluding carboxylic acids is 1. The summed E-state index contributed by atoms with van der Waals surface area (Å²) in [6.45, 7) is 1.16. The van der Waals surface area contributed by atoms with E-state index in [1.807, 2.05) is 24.3 Å². The van der Waals surface area contributed by atoms with E-state index in [9.17, 15) is 9.59 Å². The van der Waals surface area contributed by atoms with E-state index in [-0.39, 0.29) is 18.7 Å². The SMILES string of the molecule is COc1ccc(C2=NOC(CNC(=O)N3CCCC(C(=O)O)C3)C2)cc1. The summed E-state index contributed by atoms with van der Waals surface area (Å²) in [6.07, 6.45) is 1.69. The first kappa shape index (κ1) is 18.0. The smallest absolute Gasteiger partial charge is 0.317 e. The first-order valence-electron chi connectivity index (χ1n) is 8.69. The predicted molar refractivity (Wildman–Crippen MR) is 94.4 cm³/mol. The molecular weight excluding hydrogens is 338 g/mol. The van der Waals surface area contributed by atoms with Gasteiger partial charge in [-0.3, -0.25) is 4.79 Å². The maximum atomic E-state index is 12.3. The number of benzene rings is 1. The van der Waals surface area contributed by atoms with Gasteiger partial charge in [0.2, 0.25) is 0 Å². The molecule has 0 spiro atoms. The van der Waals surface area contributed by atoms with Gasteiger partial charge in [0.25, 0.3) is 0 Å². The number of nitrogens with zero attached hydrogens (tertiary/aromatic N) is 2. The Labute approximate surface area is 151 Å². The zero-order valence-electron chi connectivity index (χ0n) is 14.7. The topological polar surface area (TPSA) is 100 Å². The number of hydrogen-bond acceptors (Lipinski definition) is 5. The molecule has 2 heterocycles. The van der Waals surface area contributed by atoms with Crippen molar-refractivity contribution < 1.29 is 24.3 Å². The van der Waals surface area contributed by atoms with E-state index in [0.29, 0.717) is 32.4 Å². The number of amides is 2. The van der Waals surface area contributed by atoms with Crippen LogP contribution in [0.2, 0.25) is 0 Å². The molecule has 2 aliphatic heterocycles. The molecule has 1 saturated heterocycles. The zero-order chi connectivity index (χ0) is 18.5. The van der Waals surface area contributed by atoms with Crippen LogP contribution in [0.4, 0.5) is 4.79 Å². The second-order valence-electron chi connectivity index (χ2n) is 6.51. The van der Waals surface area contributed by atoms with Gasteiger partial charge in [-0.1, -0.05) is 5.16 Å². The molecule has 1 aromatic carbocycles. The third-order valence-corrected chi connectivity index (χ3v) is 4.70. The van der Waals surface area contributed by atoms with E-state index in [1.165, 1.54) is 0 Å². The third kappa shape index (κ3) is 4.25. The van der Waals surface area contributed by atoms with Crippen LogP contribution in [0.3, 0.4) is 0 Å². The van der Waals surface area contributed by atoms with Gasteiger partial charge in [-0.05, 0) is 42.7 Å². The average Bonchev–Trinajstić information content (AvgIpc) is 3.15. The summed E-state index contributed by atoms with van der Waals surface area (Å²) in [4.78, 5) is 30.3. The Hall–Kier alpha value is -2.77. The Kier molecular flexibility index (Phi) is 5.60. The van der Waals surface area contributed by atoms with Crippen molar-refractivity contribution in [1.82, 2.24) is 10.2 Å². The van der Waals surface area contributed by atoms with Gasteiger partial charge in [-0.25, -0.2) is 4.79 Å². The molecule has 8 heteroatoms. The summed E-state index contributed by atoms with van der Waals surface area (Å²) in [7, 11) is 1.62. The van der Waals surface area contributed by atoms with E-state index in [0.717, 1.165) is 17.0 Å². The fourth-order valence-corrected chi connectivity index (χ4v) is 3.17. The zero-order valence-corrected chi connectivity index (χ0v) is 14.7. The summed E-state index contributed by atoms with van der Waals surface area (Å²) >= 11 is 0. The van der Waals surface area contributed by atoms with E-state index < -0.39 is 11.9 Å². The first-order chi connectivity index (χ1) is 12.6. The molecular formula is C18H23N3O5. The number of ether oxygens (including phenoxy) is 1. The van der Waals surface area contributed by atoms with Crippen molar-refractivity contribution in [1.29, 1.82) is 0 Å². The van der Waals surface area contributed by atoms with Gasteiger partial charge in [0.1, 0.15) is 5.75 Å². The number of aliphatic carboxylic acids is 1. The fourth-order valence-electron chi connectivity index (χ4n) is 3.17. The summed E-state index contributed by atoms with van der Waals surface area (Å²) < 4.78 is 5.14. The molecule has 2 amide bonds. The van der Waals surface area contributed by atoms with Gasteiger partial charge < -0.3 is 24.9 Å². The number of piperidine rings is 1. The standard InChI is InChI=1S/C18H23N3O5/c1-25-14-6-4-12(5-7-14)16-9-15(26-20-16)10-19-18(24)21-8-2-3-13(11-21)17(22)23/h4-7,13,15H,2-3,8-11H2,1H3,(H,19,24)(H,22,23). The van der Waals surface area contributed by atoms with Crippen molar-refractivity contribution >= 4 is 17.7 Å². The Morgan fingerprint density at radius 1 is 1.38 bits per heavy atom. The highest BCUT2D eigenvalue weighted by Crippen LogP contribution is 2.20. The lowest BCUT2D eigenvalue weighted by molar-refractivity contribution is -0.143. The monoisotopic (exact) mass is 361 g/mol. The lowest BCUT2D eigenvalue weighted by atomic mass is 9.99. The van der Waals surface area contributed by atoms with Gasteiger partial charge in [0.05, 0.1) is 25.3 Å². The number of likely N-dealkylation sites (tertiary alicyclic amines) is 1. The Morgan fingerprint density at radius 2 is 2.15 bits per heavy atom. The molecule has 0 saturated carbocycles. The molecule has 0 radical (unpaired) electrons. The van der Waals surface area contributed by atoms with E-state index in [1.54, 1.807) is 12.0 Å². The number of methoxy groups -OCH3 is 1. The highest BCUT2D eigenvalue weighted by Gasteiger charge is 2.29. The highest BCUT2D eigenvalue weighted by atomic mass is 16.6. The third-order valence-electron chi connectivity index (χ3n) is 4.70. The average molecular weight is 361 g/mol. The molecule has 140 valence electrons. The van der Waals surface area contributed by atoms with E-state index in [4.69, 9.17) is 14.7 Å². The van der Waals surface area contributed by atoms with Crippen LogP contribution in [0.1, 0.15) is 24.8 Å². The number of urea groups is 1. The van der Waals surface area contributed by atoms with Crippen molar-refractivity contribution in [2.45, 2.75) is 25.4 Å². The van der Waals surface area contributed by atoms with Crippen LogP contribution in [0, 0.1) is 5.92 Å². The fraction of sp³-hybridized carbons (Fsp3) is 0.500. The molecule has 2 N–H and O–H groups in total. The van der Waals surface area contributed by atoms with Gasteiger partial charge in [0.15, 0.2) is 6.10 Å². The van der Waals surface area contributed by atoms with Gasteiger partial charge in [-0.15, -0.1) is 0 Å². The Morgan fingerprint density at radius 3 is 2.85 bits per heavy atom. The molecule has 8 nitrogen and oxygen atoms in total. The molecule has 1 fully saturated rings. The minimum atomic E-state index is -0.848. The largest absolute Gasteiger partial charge is 0.497 e. The van der Waals surface area contributed by atoms with Gasteiger partial charge >= 0.3 is 12.0 Å². The summed E-state index contributed by atoms with van der Waals surface area (Å²) in [6, 6.07) is 7.31. The van der Waals surface area contributed by atoms with Crippen molar-refractivity contribution in [3.05, 3.63) is 29.8 Å². The number of oxime groups is 1. The molecule has 0 bridgehead atoms. The van der Waals surface area contributed by atoms with Gasteiger partial charge in [-0.2, -0.15) is 0 Å². The second-order valence-corrected chi connectivity index (χ2v) is 6.51. The number of rotatable bonds is 5. The Bertz CT molecular complexity index is 689. The quantitative estimate of drug-likeness (QED) is 0.831. The van der Waals surface area contributed by atoms with Crippen molar-refractivity contribution in [3.8, 4) is 5.75 Å². The minimum Gasteiger partial charge on any atom is -0.497 e. The highest BCUT2D eigenvalue weighted by molar-refractivity contribution is 6.01. The molecule has 0 aliphatic carbocycles. The summed E-state index contributed by atoms with van der Waals surface area (Å²) in [5.74, 6) is -0.556. The molecule has 26 heavy (non-hydrogen) atoms. The second kappa shape index (κ2) is 8.07. The molecule has 3 rings (SSSR count). The van der Waals surface area contributed by atoms with Crippen LogP contribution in [0.25, 0.3) is 0 Å². The van der Waals surface area contributed by atoms with E-state index >= 15 is 0 Å². The minimum absolute atomic E-state index is 0.226. The van der Waals surface area contributed by atoms with Gasteiger partial charge in [0, 0.05) is 19.5 Å². The maximum absolute atomic E-state index is 12.3. The Balaban J connectivity index is 1.46. The molecule has 2 unspecified atom stereocenters. The van der Waals surface area contributed by atoms with Crippen molar-refractivity contribution in [3.63, 3.8) is 0 Å². The van der Waals surface area contributed by atoms with Crippen LogP contribution in [0.15, 0.2) is 29.4 Å². The normalized spacial score (nSPS) is 22.3. The first-order valence-corrected chi connectivity index (χ1v) is 8.69. The summed E-state index contributed by atoms with van der Waals surface area (Å²) in [5.41, 5.74) is 1.79. The van der Waals surface area contributed by atoms with Crippen LogP contribution >= 0.6 is 0 Å². The lowest BCUT2D eigenvalue weighted by Crippen LogP contribution is -2.48. The lowest BCUT2D eigenvalue weighted by Gasteiger charge is -2.30. The van der Waals surface area contributed by atoms with Crippen LogP contribution < -0.4 is 10.1 Å². The molecule has 1 aromatic rings. The van der Waals surface area contributed by atoms with Crippen LogP contribution in [-0.2, 0) is 9.63 Å². The number of nitrogens with one attached hydrogen (secondary N) is 1. The molecule has 2 atom stereocenters. The van der Waals surface area contributed by atoms with Crippen LogP contribution in [-0.4, -0.2) is 60.6 Å². The summed E-state index contributed by atoms with van der Waals surface area (Å²) in [5, 5.41) is 16.0. The predicted octanol–water partition coefficient (Wildman–Crippen LogP) is 1.69. The molecule has 0 aromatic heterocycles. The van der Waals surface area contributed by atoms with Crippen molar-refractivity contribution in [2.24, 2.45) is 11.1 Å². The van der Waals surface area contributed by atoms with Crippen LogP contribution in [0.5, 0.6) is 5.75 Å². The van der Waals surface area contributed by atoms with Crippen molar-refractivity contribution in [2.75, 3.05) is 26.7 Å². The number of hydrogen-bond donors (Lipinski definition) is 2. The number of carbonyl (C=O) groups is 2. The number of carboxylic acids is 1. The van der Waals surface area contributed by atoms with E-state index in [2.05, 4.69) is 10.5 Å². The maximum Gasteiger partial charge on any atom is 0.317 e. The molecule has 2 aliphatic rings. The number of carboxylic acid groups (broad SMARTS) is 1.